The molecule has 0 N–H and O–H groups in total. The predicted octanol–water partition coefficient (Wildman–Crippen LogP) is 4.21. The van der Waals surface area contributed by atoms with Crippen molar-refractivity contribution in [2.24, 2.45) is 5.92 Å². The quantitative estimate of drug-likeness (QED) is 0.808. The van der Waals surface area contributed by atoms with Crippen molar-refractivity contribution in [2.45, 2.75) is 57.9 Å². The van der Waals surface area contributed by atoms with Crippen molar-refractivity contribution in [3.63, 3.8) is 0 Å². The van der Waals surface area contributed by atoms with Gasteiger partial charge in [0.05, 0.1) is 13.2 Å². The first-order valence-electron chi connectivity index (χ1n) is 9.20. The molecule has 22 heavy (non-hydrogen) atoms. The van der Waals surface area contributed by atoms with Crippen LogP contribution in [0, 0.1) is 12.8 Å². The molecule has 1 saturated heterocycles. The summed E-state index contributed by atoms with van der Waals surface area (Å²) in [6.07, 6.45) is 9.70. The smallest absolute Gasteiger partial charge is 0.0594 e. The lowest BCUT2D eigenvalue weighted by Gasteiger charge is -2.42. The zero-order chi connectivity index (χ0) is 15.2. The van der Waals surface area contributed by atoms with Gasteiger partial charge < -0.3 is 4.74 Å². The van der Waals surface area contributed by atoms with E-state index in [0.717, 1.165) is 38.3 Å². The molecule has 0 aromatic heterocycles. The standard InChI is InChI=1S/C20H31NO/c1-17-6-4-7-18(16-17)8-5-10-19-9-2-3-11-20(19)21-12-14-22-15-13-21/h4,6-7,16,19-20H,2-3,5,8-15H2,1H3. The van der Waals surface area contributed by atoms with Gasteiger partial charge in [0.25, 0.3) is 0 Å². The van der Waals surface area contributed by atoms with Crippen LogP contribution in [0.4, 0.5) is 0 Å². The maximum Gasteiger partial charge on any atom is 0.0594 e. The number of benzene rings is 1. The lowest BCUT2D eigenvalue weighted by molar-refractivity contribution is -0.00880. The van der Waals surface area contributed by atoms with E-state index in [4.69, 9.17) is 4.74 Å². The predicted molar refractivity (Wildman–Crippen MR) is 92.3 cm³/mol. The molecular formula is C20H31NO. The summed E-state index contributed by atoms with van der Waals surface area (Å²) in [5.74, 6) is 0.914. The number of hydrogen-bond acceptors (Lipinski definition) is 2. The van der Waals surface area contributed by atoms with Crippen LogP contribution in [-0.2, 0) is 11.2 Å². The van der Waals surface area contributed by atoms with E-state index in [-0.39, 0.29) is 0 Å². The summed E-state index contributed by atoms with van der Waals surface area (Å²) in [4.78, 5) is 2.72. The van der Waals surface area contributed by atoms with Gasteiger partial charge >= 0.3 is 0 Å². The second-order valence-electron chi connectivity index (χ2n) is 7.14. The lowest BCUT2D eigenvalue weighted by Crippen LogP contribution is -2.48. The van der Waals surface area contributed by atoms with E-state index in [9.17, 15) is 0 Å². The van der Waals surface area contributed by atoms with Crippen LogP contribution in [0.25, 0.3) is 0 Å². The molecule has 122 valence electrons. The third-order valence-electron chi connectivity index (χ3n) is 5.51. The molecule has 2 unspecified atom stereocenters. The van der Waals surface area contributed by atoms with Crippen molar-refractivity contribution in [1.29, 1.82) is 0 Å². The molecule has 3 rings (SSSR count). The molecule has 0 amide bonds. The molecular weight excluding hydrogens is 270 g/mol. The molecule has 1 aromatic rings. The van der Waals surface area contributed by atoms with E-state index in [1.165, 1.54) is 56.1 Å². The highest BCUT2D eigenvalue weighted by Crippen LogP contribution is 2.32. The van der Waals surface area contributed by atoms with Crippen molar-refractivity contribution in [2.75, 3.05) is 26.3 Å². The number of rotatable bonds is 5. The first-order chi connectivity index (χ1) is 10.8. The van der Waals surface area contributed by atoms with E-state index >= 15 is 0 Å². The average Bonchev–Trinajstić information content (AvgIpc) is 2.56. The fourth-order valence-electron chi connectivity index (χ4n) is 4.35. The minimum Gasteiger partial charge on any atom is -0.379 e. The summed E-state index contributed by atoms with van der Waals surface area (Å²) < 4.78 is 5.53. The van der Waals surface area contributed by atoms with Gasteiger partial charge in [0, 0.05) is 19.1 Å². The molecule has 2 nitrogen and oxygen atoms in total. The summed E-state index contributed by atoms with van der Waals surface area (Å²) in [5, 5.41) is 0. The largest absolute Gasteiger partial charge is 0.379 e. The first kappa shape index (κ1) is 16.0. The average molecular weight is 301 g/mol. The van der Waals surface area contributed by atoms with Gasteiger partial charge in [0.2, 0.25) is 0 Å². The number of nitrogens with zero attached hydrogens (tertiary/aromatic N) is 1. The van der Waals surface area contributed by atoms with Crippen molar-refractivity contribution in [1.82, 2.24) is 4.90 Å². The second-order valence-corrected chi connectivity index (χ2v) is 7.14. The van der Waals surface area contributed by atoms with E-state index in [0.29, 0.717) is 0 Å². The highest BCUT2D eigenvalue weighted by Gasteiger charge is 2.30. The van der Waals surface area contributed by atoms with Crippen LogP contribution in [0.3, 0.4) is 0 Å². The summed E-state index contributed by atoms with van der Waals surface area (Å²) in [6.45, 7) is 6.37. The third-order valence-corrected chi connectivity index (χ3v) is 5.51. The molecule has 2 heteroatoms. The topological polar surface area (TPSA) is 12.5 Å². The van der Waals surface area contributed by atoms with Crippen LogP contribution in [-0.4, -0.2) is 37.2 Å². The molecule has 2 aliphatic rings. The van der Waals surface area contributed by atoms with Crippen molar-refractivity contribution < 1.29 is 4.74 Å². The van der Waals surface area contributed by atoms with Crippen LogP contribution in [0.1, 0.15) is 49.7 Å². The Hall–Kier alpha value is -0.860. The fraction of sp³-hybridized carbons (Fsp3) is 0.700. The molecule has 2 fully saturated rings. The maximum atomic E-state index is 5.53. The molecule has 0 radical (unpaired) electrons. The van der Waals surface area contributed by atoms with E-state index < -0.39 is 0 Å². The molecule has 0 bridgehead atoms. The van der Waals surface area contributed by atoms with Gasteiger partial charge in [-0.3, -0.25) is 4.90 Å². The molecule has 1 saturated carbocycles. The highest BCUT2D eigenvalue weighted by atomic mass is 16.5. The van der Waals surface area contributed by atoms with E-state index in [1.807, 2.05) is 0 Å². The molecule has 2 atom stereocenters. The third kappa shape index (κ3) is 4.33. The van der Waals surface area contributed by atoms with E-state index in [1.54, 1.807) is 0 Å². The van der Waals surface area contributed by atoms with Gasteiger partial charge in [0.1, 0.15) is 0 Å². The first-order valence-corrected chi connectivity index (χ1v) is 9.20. The molecule has 1 aromatic carbocycles. The molecule has 1 aliphatic heterocycles. The van der Waals surface area contributed by atoms with Gasteiger partial charge in [-0.2, -0.15) is 0 Å². The minimum absolute atomic E-state index is 0.829. The monoisotopic (exact) mass is 301 g/mol. The zero-order valence-corrected chi connectivity index (χ0v) is 14.1. The van der Waals surface area contributed by atoms with Crippen molar-refractivity contribution in [3.8, 4) is 0 Å². The highest BCUT2D eigenvalue weighted by molar-refractivity contribution is 5.22. The number of morpholine rings is 1. The Morgan fingerprint density at radius 3 is 2.77 bits per heavy atom. The van der Waals surface area contributed by atoms with Crippen molar-refractivity contribution in [3.05, 3.63) is 35.4 Å². The molecule has 1 aliphatic carbocycles. The van der Waals surface area contributed by atoms with Crippen LogP contribution in [0.5, 0.6) is 0 Å². The second kappa shape index (κ2) is 8.12. The van der Waals surface area contributed by atoms with Crippen LogP contribution in [0.15, 0.2) is 24.3 Å². The van der Waals surface area contributed by atoms with Gasteiger partial charge in [0.15, 0.2) is 0 Å². The van der Waals surface area contributed by atoms with Crippen LogP contribution >= 0.6 is 0 Å². The van der Waals surface area contributed by atoms with Gasteiger partial charge in [-0.15, -0.1) is 0 Å². The Bertz CT molecular complexity index is 453. The Balaban J connectivity index is 1.50. The van der Waals surface area contributed by atoms with Gasteiger partial charge in [-0.25, -0.2) is 0 Å². The normalized spacial score (nSPS) is 27.0. The minimum atomic E-state index is 0.829. The lowest BCUT2D eigenvalue weighted by atomic mass is 9.80. The van der Waals surface area contributed by atoms with Gasteiger partial charge in [-0.1, -0.05) is 42.7 Å². The fourth-order valence-corrected chi connectivity index (χ4v) is 4.35. The summed E-state index contributed by atoms with van der Waals surface area (Å²) in [5.41, 5.74) is 2.90. The molecule has 0 spiro atoms. The summed E-state index contributed by atoms with van der Waals surface area (Å²) >= 11 is 0. The maximum absolute atomic E-state index is 5.53. The molecule has 1 heterocycles. The number of hydrogen-bond donors (Lipinski definition) is 0. The Morgan fingerprint density at radius 1 is 1.14 bits per heavy atom. The van der Waals surface area contributed by atoms with Gasteiger partial charge in [-0.05, 0) is 50.5 Å². The van der Waals surface area contributed by atoms with Crippen molar-refractivity contribution >= 4 is 0 Å². The Labute approximate surface area is 135 Å². The zero-order valence-electron chi connectivity index (χ0n) is 14.1. The number of ether oxygens (including phenoxy) is 1. The SMILES string of the molecule is Cc1cccc(CCCC2CCCCC2N2CCOCC2)c1. The summed E-state index contributed by atoms with van der Waals surface area (Å²) in [6, 6.07) is 9.85. The Morgan fingerprint density at radius 2 is 1.95 bits per heavy atom. The van der Waals surface area contributed by atoms with E-state index in [2.05, 4.69) is 36.1 Å². The van der Waals surface area contributed by atoms with Crippen LogP contribution in [0.2, 0.25) is 0 Å². The summed E-state index contributed by atoms with van der Waals surface area (Å²) in [7, 11) is 0. The number of aryl methyl sites for hydroxylation is 2. The van der Waals surface area contributed by atoms with Crippen LogP contribution < -0.4 is 0 Å². The Kier molecular flexibility index (Phi) is 5.91.